The largest absolute Gasteiger partial charge is 0.357 e. The van der Waals surface area contributed by atoms with E-state index in [0.29, 0.717) is 10.6 Å². The number of benzene rings is 4. The number of carbonyl (C=O) groups is 2. The summed E-state index contributed by atoms with van der Waals surface area (Å²) in [5, 5.41) is 3.60. The predicted octanol–water partition coefficient (Wildman–Crippen LogP) is 6.88. The number of anilines is 1. The molecule has 4 aromatic carbocycles. The van der Waals surface area contributed by atoms with Gasteiger partial charge >= 0.3 is 0 Å². The fraction of sp³-hybridized carbons (Fsp3) is 0.161. The van der Waals surface area contributed by atoms with Crippen LogP contribution in [0.15, 0.2) is 102 Å². The Hall–Kier alpha value is -3.27. The second kappa shape index (κ2) is 14.5. The number of sulfonamides is 1. The normalized spacial score (nSPS) is 11.9. The Morgan fingerprint density at radius 1 is 0.791 bits per heavy atom. The van der Waals surface area contributed by atoms with Gasteiger partial charge in [0.1, 0.15) is 12.6 Å². The Kier molecular flexibility index (Phi) is 11.0. The predicted molar refractivity (Wildman–Crippen MR) is 172 cm³/mol. The van der Waals surface area contributed by atoms with E-state index in [9.17, 15) is 18.0 Å². The lowest BCUT2D eigenvalue weighted by molar-refractivity contribution is -0.139. The van der Waals surface area contributed by atoms with Gasteiger partial charge in [-0.3, -0.25) is 13.9 Å². The van der Waals surface area contributed by atoms with Gasteiger partial charge in [0.2, 0.25) is 11.8 Å². The van der Waals surface area contributed by atoms with Crippen LogP contribution in [0.2, 0.25) is 20.1 Å². The van der Waals surface area contributed by atoms with Crippen molar-refractivity contribution in [2.75, 3.05) is 17.9 Å². The summed E-state index contributed by atoms with van der Waals surface area (Å²) >= 11 is 25.3. The number of hydrogen-bond acceptors (Lipinski definition) is 4. The number of likely N-dealkylation sites (N-methyl/N-ethyl adjacent to an activating group) is 1. The minimum absolute atomic E-state index is 0.00963. The molecular weight excluding hydrogens is 652 g/mol. The highest BCUT2D eigenvalue weighted by Gasteiger charge is 2.35. The molecule has 43 heavy (non-hydrogen) atoms. The van der Waals surface area contributed by atoms with Crippen molar-refractivity contribution in [3.05, 3.63) is 128 Å². The van der Waals surface area contributed by atoms with Gasteiger partial charge in [-0.15, -0.1) is 0 Å². The van der Waals surface area contributed by atoms with Crippen LogP contribution in [0.4, 0.5) is 5.69 Å². The third-order valence-electron chi connectivity index (χ3n) is 6.66. The second-order valence-corrected chi connectivity index (χ2v) is 13.0. The van der Waals surface area contributed by atoms with Gasteiger partial charge in [0.25, 0.3) is 10.0 Å². The molecule has 2 amide bonds. The summed E-state index contributed by atoms with van der Waals surface area (Å²) in [5.41, 5.74) is 1.32. The van der Waals surface area contributed by atoms with Crippen LogP contribution in [0.3, 0.4) is 0 Å². The zero-order valence-electron chi connectivity index (χ0n) is 22.9. The molecule has 4 aromatic rings. The van der Waals surface area contributed by atoms with Gasteiger partial charge in [-0.05, 0) is 53.6 Å². The summed E-state index contributed by atoms with van der Waals surface area (Å²) in [4.78, 5) is 28.9. The Morgan fingerprint density at radius 2 is 1.40 bits per heavy atom. The first-order chi connectivity index (χ1) is 20.5. The van der Waals surface area contributed by atoms with Gasteiger partial charge in [-0.1, -0.05) is 101 Å². The maximum absolute atomic E-state index is 14.3. The Balaban J connectivity index is 1.83. The van der Waals surface area contributed by atoms with E-state index in [1.165, 1.54) is 48.3 Å². The maximum atomic E-state index is 14.3. The fourth-order valence-corrected chi connectivity index (χ4v) is 6.81. The molecule has 0 aromatic heterocycles. The Labute approximate surface area is 271 Å². The van der Waals surface area contributed by atoms with Gasteiger partial charge in [0.15, 0.2) is 0 Å². The van der Waals surface area contributed by atoms with Crippen molar-refractivity contribution >= 4 is 73.9 Å². The molecule has 7 nitrogen and oxygen atoms in total. The number of nitrogens with one attached hydrogen (secondary N) is 1. The van der Waals surface area contributed by atoms with Gasteiger partial charge in [-0.2, -0.15) is 0 Å². The number of nitrogens with zero attached hydrogens (tertiary/aromatic N) is 2. The van der Waals surface area contributed by atoms with Crippen LogP contribution in [-0.4, -0.2) is 44.8 Å². The van der Waals surface area contributed by atoms with Crippen molar-refractivity contribution < 1.29 is 18.0 Å². The molecule has 4 rings (SSSR count). The fourth-order valence-electron chi connectivity index (χ4n) is 4.46. The maximum Gasteiger partial charge on any atom is 0.264 e. The van der Waals surface area contributed by atoms with Crippen LogP contribution in [0.5, 0.6) is 0 Å². The topological polar surface area (TPSA) is 86.8 Å². The number of carbonyl (C=O) groups excluding carboxylic acids is 2. The van der Waals surface area contributed by atoms with Gasteiger partial charge < -0.3 is 10.2 Å². The minimum Gasteiger partial charge on any atom is -0.357 e. The minimum atomic E-state index is -4.32. The van der Waals surface area contributed by atoms with Crippen molar-refractivity contribution in [3.63, 3.8) is 0 Å². The standard InChI is InChI=1S/C31H27Cl4N3O4S/c1-36-31(40)29(16-21-8-4-2-5-9-21)37(19-22-12-13-23(32)17-27(22)35)30(39)20-38(28-18-24(33)14-15-26(28)34)43(41,42)25-10-6-3-7-11-25/h2-15,17-18,29H,16,19-20H2,1H3,(H,36,40)/t29-/m1/s1. The molecule has 0 unspecified atom stereocenters. The molecule has 1 atom stereocenters. The summed E-state index contributed by atoms with van der Waals surface area (Å²) in [6.07, 6.45) is 0.154. The van der Waals surface area contributed by atoms with Crippen LogP contribution in [0.1, 0.15) is 11.1 Å². The van der Waals surface area contributed by atoms with E-state index in [2.05, 4.69) is 5.32 Å². The molecule has 0 aliphatic carbocycles. The summed E-state index contributed by atoms with van der Waals surface area (Å²) in [5.74, 6) is -1.12. The first-order valence-corrected chi connectivity index (χ1v) is 16.0. The lowest BCUT2D eigenvalue weighted by Gasteiger charge is -2.34. The molecule has 0 aliphatic heterocycles. The number of amides is 2. The molecule has 0 heterocycles. The monoisotopic (exact) mass is 677 g/mol. The molecule has 0 radical (unpaired) electrons. The summed E-state index contributed by atoms with van der Waals surface area (Å²) in [7, 11) is -2.85. The van der Waals surface area contributed by atoms with Crippen molar-refractivity contribution in [1.82, 2.24) is 10.2 Å². The average molecular weight is 679 g/mol. The second-order valence-electron chi connectivity index (χ2n) is 9.50. The van der Waals surface area contributed by atoms with Crippen LogP contribution in [0.25, 0.3) is 0 Å². The van der Waals surface area contributed by atoms with Crippen LogP contribution < -0.4 is 9.62 Å². The molecule has 0 saturated heterocycles. The molecule has 0 bridgehead atoms. The van der Waals surface area contributed by atoms with E-state index in [1.54, 1.807) is 30.3 Å². The number of halogens is 4. The van der Waals surface area contributed by atoms with Crippen molar-refractivity contribution in [2.45, 2.75) is 23.9 Å². The highest BCUT2D eigenvalue weighted by Crippen LogP contribution is 2.33. The molecule has 1 N–H and O–H groups in total. The highest BCUT2D eigenvalue weighted by atomic mass is 35.5. The highest BCUT2D eigenvalue weighted by molar-refractivity contribution is 7.92. The van der Waals surface area contributed by atoms with Crippen molar-refractivity contribution in [3.8, 4) is 0 Å². The van der Waals surface area contributed by atoms with E-state index in [0.717, 1.165) is 9.87 Å². The van der Waals surface area contributed by atoms with Gasteiger partial charge in [0, 0.05) is 35.1 Å². The SMILES string of the molecule is CNC(=O)[C@@H](Cc1ccccc1)N(Cc1ccc(Cl)cc1Cl)C(=O)CN(c1cc(Cl)ccc1Cl)S(=O)(=O)c1ccccc1. The van der Waals surface area contributed by atoms with Crippen molar-refractivity contribution in [1.29, 1.82) is 0 Å². The Bertz CT molecular complexity index is 1710. The molecule has 0 fully saturated rings. The molecule has 0 aliphatic rings. The number of hydrogen-bond donors (Lipinski definition) is 1. The van der Waals surface area contributed by atoms with Crippen LogP contribution >= 0.6 is 46.4 Å². The zero-order chi connectivity index (χ0) is 31.1. The Morgan fingerprint density at radius 3 is 2.02 bits per heavy atom. The van der Waals surface area contributed by atoms with Crippen LogP contribution in [-0.2, 0) is 32.6 Å². The van der Waals surface area contributed by atoms with Crippen LogP contribution in [0, 0.1) is 0 Å². The third-order valence-corrected chi connectivity index (χ3v) is 9.58. The smallest absolute Gasteiger partial charge is 0.264 e. The lowest BCUT2D eigenvalue weighted by Crippen LogP contribution is -2.53. The first kappa shape index (κ1) is 32.6. The van der Waals surface area contributed by atoms with E-state index in [1.807, 2.05) is 30.3 Å². The first-order valence-electron chi connectivity index (χ1n) is 13.0. The van der Waals surface area contributed by atoms with Gasteiger partial charge in [0.05, 0.1) is 15.6 Å². The summed E-state index contributed by atoms with van der Waals surface area (Å²) in [6, 6.07) is 24.9. The van der Waals surface area contributed by atoms with E-state index in [4.69, 9.17) is 46.4 Å². The van der Waals surface area contributed by atoms with E-state index in [-0.39, 0.29) is 38.6 Å². The summed E-state index contributed by atoms with van der Waals surface area (Å²) in [6.45, 7) is -0.799. The number of rotatable bonds is 11. The third kappa shape index (κ3) is 8.02. The molecular formula is C31H27Cl4N3O4S. The average Bonchev–Trinajstić information content (AvgIpc) is 3.00. The summed E-state index contributed by atoms with van der Waals surface area (Å²) < 4.78 is 28.9. The molecule has 12 heteroatoms. The van der Waals surface area contributed by atoms with Crippen molar-refractivity contribution in [2.24, 2.45) is 0 Å². The van der Waals surface area contributed by atoms with E-state index < -0.39 is 34.4 Å². The molecule has 224 valence electrons. The molecule has 0 saturated carbocycles. The zero-order valence-corrected chi connectivity index (χ0v) is 26.7. The van der Waals surface area contributed by atoms with E-state index >= 15 is 0 Å². The lowest BCUT2D eigenvalue weighted by atomic mass is 10.0. The quantitative estimate of drug-likeness (QED) is 0.187. The van der Waals surface area contributed by atoms with Gasteiger partial charge in [-0.25, -0.2) is 8.42 Å². The molecule has 0 spiro atoms.